The van der Waals surface area contributed by atoms with Gasteiger partial charge in [-0.1, -0.05) is 17.3 Å². The molecular weight excluding hydrogens is 358 g/mol. The SMILES string of the molecule is Cc1noc(CN(C)c2ncnc3ccc(-c4ccc5c(c4)OCO5)cc23)n1. The Labute approximate surface area is 160 Å². The van der Waals surface area contributed by atoms with Gasteiger partial charge in [-0.15, -0.1) is 0 Å². The molecule has 0 fully saturated rings. The maximum atomic E-state index is 5.50. The van der Waals surface area contributed by atoms with Crippen LogP contribution in [-0.4, -0.2) is 33.9 Å². The van der Waals surface area contributed by atoms with E-state index in [-0.39, 0.29) is 6.79 Å². The van der Waals surface area contributed by atoms with E-state index < -0.39 is 0 Å². The molecule has 0 bridgehead atoms. The molecule has 2 aromatic heterocycles. The van der Waals surface area contributed by atoms with Crippen molar-refractivity contribution >= 4 is 16.7 Å². The number of aryl methyl sites for hydroxylation is 1. The molecule has 140 valence electrons. The summed E-state index contributed by atoms with van der Waals surface area (Å²) in [6.07, 6.45) is 1.56. The number of nitrogens with zero attached hydrogens (tertiary/aromatic N) is 5. The topological polar surface area (TPSA) is 86.4 Å². The van der Waals surface area contributed by atoms with Gasteiger partial charge in [-0.3, -0.25) is 0 Å². The van der Waals surface area contributed by atoms with Crippen LogP contribution in [0.4, 0.5) is 5.82 Å². The zero-order valence-electron chi connectivity index (χ0n) is 15.4. The third kappa shape index (κ3) is 2.88. The second-order valence-electron chi connectivity index (χ2n) is 6.59. The van der Waals surface area contributed by atoms with E-state index in [4.69, 9.17) is 14.0 Å². The lowest BCUT2D eigenvalue weighted by Gasteiger charge is -2.18. The lowest BCUT2D eigenvalue weighted by Crippen LogP contribution is -2.18. The Hall–Kier alpha value is -3.68. The lowest BCUT2D eigenvalue weighted by atomic mass is 10.0. The number of fused-ring (bicyclic) bond motifs is 2. The van der Waals surface area contributed by atoms with Crippen molar-refractivity contribution in [3.63, 3.8) is 0 Å². The van der Waals surface area contributed by atoms with Crippen molar-refractivity contribution in [1.82, 2.24) is 20.1 Å². The first-order valence-electron chi connectivity index (χ1n) is 8.82. The summed E-state index contributed by atoms with van der Waals surface area (Å²) in [6.45, 7) is 2.51. The Morgan fingerprint density at radius 3 is 2.68 bits per heavy atom. The van der Waals surface area contributed by atoms with Gasteiger partial charge in [-0.25, -0.2) is 9.97 Å². The van der Waals surface area contributed by atoms with Crippen LogP contribution >= 0.6 is 0 Å². The quantitative estimate of drug-likeness (QED) is 0.537. The first kappa shape index (κ1) is 16.5. The Morgan fingerprint density at radius 2 is 1.82 bits per heavy atom. The average Bonchev–Trinajstić information content (AvgIpc) is 3.35. The van der Waals surface area contributed by atoms with Gasteiger partial charge >= 0.3 is 0 Å². The molecule has 0 spiro atoms. The van der Waals surface area contributed by atoms with Crippen molar-refractivity contribution in [2.45, 2.75) is 13.5 Å². The van der Waals surface area contributed by atoms with Crippen LogP contribution in [0.2, 0.25) is 0 Å². The van der Waals surface area contributed by atoms with E-state index in [1.54, 1.807) is 13.3 Å². The predicted molar refractivity (Wildman–Crippen MR) is 102 cm³/mol. The fraction of sp³-hybridized carbons (Fsp3) is 0.200. The highest BCUT2D eigenvalue weighted by Crippen LogP contribution is 2.37. The summed E-state index contributed by atoms with van der Waals surface area (Å²) < 4.78 is 16.1. The molecule has 4 aromatic rings. The van der Waals surface area contributed by atoms with Crippen molar-refractivity contribution < 1.29 is 14.0 Å². The Morgan fingerprint density at radius 1 is 1.00 bits per heavy atom. The van der Waals surface area contributed by atoms with Gasteiger partial charge < -0.3 is 18.9 Å². The van der Waals surface area contributed by atoms with Crippen molar-refractivity contribution in [2.75, 3.05) is 18.7 Å². The van der Waals surface area contributed by atoms with Gasteiger partial charge in [0.2, 0.25) is 12.7 Å². The first-order chi connectivity index (χ1) is 13.7. The second-order valence-corrected chi connectivity index (χ2v) is 6.59. The van der Waals surface area contributed by atoms with E-state index in [1.807, 2.05) is 42.3 Å². The normalized spacial score (nSPS) is 12.5. The van der Waals surface area contributed by atoms with Gasteiger partial charge in [0, 0.05) is 12.4 Å². The van der Waals surface area contributed by atoms with E-state index in [0.717, 1.165) is 39.3 Å². The van der Waals surface area contributed by atoms with Gasteiger partial charge in [-0.2, -0.15) is 4.98 Å². The summed E-state index contributed by atoms with van der Waals surface area (Å²) in [5.41, 5.74) is 2.95. The van der Waals surface area contributed by atoms with E-state index in [1.165, 1.54) is 0 Å². The molecule has 8 nitrogen and oxygen atoms in total. The van der Waals surface area contributed by atoms with Crippen molar-refractivity contribution in [3.8, 4) is 22.6 Å². The van der Waals surface area contributed by atoms with Crippen LogP contribution < -0.4 is 14.4 Å². The predicted octanol–water partition coefficient (Wildman–Crippen LogP) is 3.35. The third-order valence-corrected chi connectivity index (χ3v) is 4.62. The molecule has 2 aromatic carbocycles. The smallest absolute Gasteiger partial charge is 0.246 e. The van der Waals surface area contributed by atoms with E-state index in [0.29, 0.717) is 18.3 Å². The van der Waals surface area contributed by atoms with E-state index in [2.05, 4.69) is 26.2 Å². The summed E-state index contributed by atoms with van der Waals surface area (Å²) in [5, 5.41) is 4.78. The molecule has 0 saturated carbocycles. The zero-order chi connectivity index (χ0) is 19.1. The number of benzene rings is 2. The minimum absolute atomic E-state index is 0.258. The molecule has 0 atom stereocenters. The molecule has 0 N–H and O–H groups in total. The van der Waals surface area contributed by atoms with Crippen LogP contribution in [0.15, 0.2) is 47.2 Å². The van der Waals surface area contributed by atoms with Gasteiger partial charge in [0.25, 0.3) is 0 Å². The maximum Gasteiger partial charge on any atom is 0.246 e. The minimum atomic E-state index is 0.258. The van der Waals surface area contributed by atoms with E-state index >= 15 is 0 Å². The minimum Gasteiger partial charge on any atom is -0.454 e. The Kier molecular flexibility index (Phi) is 3.82. The molecule has 3 heterocycles. The highest BCUT2D eigenvalue weighted by atomic mass is 16.7. The standard InChI is InChI=1S/C20H17N5O3/c1-12-23-19(28-24-12)9-25(2)20-15-7-13(3-5-16(15)21-10-22-20)14-4-6-17-18(8-14)27-11-26-17/h3-8,10H,9,11H2,1-2H3. The summed E-state index contributed by atoms with van der Waals surface area (Å²) >= 11 is 0. The van der Waals surface area contributed by atoms with E-state index in [9.17, 15) is 0 Å². The van der Waals surface area contributed by atoms with Crippen LogP contribution in [-0.2, 0) is 6.54 Å². The number of ether oxygens (including phenoxy) is 2. The van der Waals surface area contributed by atoms with Crippen LogP contribution in [0, 0.1) is 6.92 Å². The number of hydrogen-bond donors (Lipinski definition) is 0. The van der Waals surface area contributed by atoms with Crippen molar-refractivity contribution in [2.24, 2.45) is 0 Å². The molecule has 1 aliphatic heterocycles. The number of anilines is 1. The molecule has 5 rings (SSSR count). The fourth-order valence-corrected chi connectivity index (χ4v) is 3.28. The monoisotopic (exact) mass is 375 g/mol. The Bertz CT molecular complexity index is 1170. The summed E-state index contributed by atoms with van der Waals surface area (Å²) in [5.74, 6) is 3.47. The van der Waals surface area contributed by atoms with Crippen LogP contribution in [0.3, 0.4) is 0 Å². The molecule has 28 heavy (non-hydrogen) atoms. The number of aromatic nitrogens is 4. The Balaban J connectivity index is 1.54. The summed E-state index contributed by atoms with van der Waals surface area (Å²) in [6, 6.07) is 12.0. The van der Waals surface area contributed by atoms with Gasteiger partial charge in [-0.05, 0) is 42.3 Å². The lowest BCUT2D eigenvalue weighted by molar-refractivity contribution is 0.174. The highest BCUT2D eigenvalue weighted by Gasteiger charge is 2.16. The van der Waals surface area contributed by atoms with Gasteiger partial charge in [0.15, 0.2) is 17.3 Å². The molecule has 0 saturated heterocycles. The molecule has 0 radical (unpaired) electrons. The van der Waals surface area contributed by atoms with Gasteiger partial charge in [0.1, 0.15) is 12.1 Å². The fourth-order valence-electron chi connectivity index (χ4n) is 3.28. The maximum absolute atomic E-state index is 5.50. The molecule has 0 unspecified atom stereocenters. The van der Waals surface area contributed by atoms with Crippen molar-refractivity contribution in [1.29, 1.82) is 0 Å². The average molecular weight is 375 g/mol. The molecule has 0 aliphatic carbocycles. The summed E-state index contributed by atoms with van der Waals surface area (Å²) in [7, 11) is 1.94. The highest BCUT2D eigenvalue weighted by molar-refractivity contribution is 5.93. The van der Waals surface area contributed by atoms with Crippen LogP contribution in [0.5, 0.6) is 11.5 Å². The second kappa shape index (κ2) is 6.49. The molecule has 1 aliphatic rings. The van der Waals surface area contributed by atoms with Crippen LogP contribution in [0.25, 0.3) is 22.0 Å². The zero-order valence-corrected chi connectivity index (χ0v) is 15.4. The largest absolute Gasteiger partial charge is 0.454 e. The molecule has 0 amide bonds. The van der Waals surface area contributed by atoms with Crippen molar-refractivity contribution in [3.05, 3.63) is 54.4 Å². The number of rotatable bonds is 4. The molecular formula is C20H17N5O3. The third-order valence-electron chi connectivity index (χ3n) is 4.62. The van der Waals surface area contributed by atoms with Crippen LogP contribution in [0.1, 0.15) is 11.7 Å². The van der Waals surface area contributed by atoms with Gasteiger partial charge in [0.05, 0.1) is 12.1 Å². The molecule has 8 heteroatoms. The summed E-state index contributed by atoms with van der Waals surface area (Å²) in [4.78, 5) is 15.1. The first-order valence-corrected chi connectivity index (χ1v) is 8.82. The number of hydrogen-bond acceptors (Lipinski definition) is 8.